The molecule has 1 saturated heterocycles. The van der Waals surface area contributed by atoms with Crippen LogP contribution in [-0.2, 0) is 11.3 Å². The summed E-state index contributed by atoms with van der Waals surface area (Å²) < 4.78 is 0. The Morgan fingerprint density at radius 2 is 2.00 bits per heavy atom. The maximum absolute atomic E-state index is 12.2. The van der Waals surface area contributed by atoms with E-state index in [1.165, 1.54) is 12.0 Å². The first-order chi connectivity index (χ1) is 10.2. The van der Waals surface area contributed by atoms with Crippen molar-refractivity contribution in [1.82, 2.24) is 10.2 Å². The molecule has 6 heteroatoms. The van der Waals surface area contributed by atoms with Crippen molar-refractivity contribution in [2.75, 3.05) is 25.0 Å². The minimum Gasteiger partial charge on any atom is -0.325 e. The van der Waals surface area contributed by atoms with Crippen LogP contribution in [-0.4, -0.2) is 36.5 Å². The van der Waals surface area contributed by atoms with Crippen molar-refractivity contribution in [3.63, 3.8) is 0 Å². The second kappa shape index (κ2) is 11.7. The Bertz CT molecular complexity index is 461. The largest absolute Gasteiger partial charge is 0.325 e. The van der Waals surface area contributed by atoms with Gasteiger partial charge in [0.1, 0.15) is 0 Å². The van der Waals surface area contributed by atoms with Crippen molar-refractivity contribution in [1.29, 1.82) is 0 Å². The summed E-state index contributed by atoms with van der Waals surface area (Å²) in [5, 5.41) is 6.33. The lowest BCUT2D eigenvalue weighted by Gasteiger charge is -2.23. The van der Waals surface area contributed by atoms with Crippen LogP contribution in [0.5, 0.6) is 0 Å². The summed E-state index contributed by atoms with van der Waals surface area (Å²) in [6, 6.07) is 8.14. The second-order valence-electron chi connectivity index (χ2n) is 5.65. The zero-order chi connectivity index (χ0) is 15.1. The van der Waals surface area contributed by atoms with Gasteiger partial charge < -0.3 is 10.6 Å². The molecule has 2 N–H and O–H groups in total. The van der Waals surface area contributed by atoms with E-state index in [4.69, 9.17) is 0 Å². The number of carbonyl (C=O) groups is 1. The van der Waals surface area contributed by atoms with E-state index in [1.807, 2.05) is 12.1 Å². The predicted octanol–water partition coefficient (Wildman–Crippen LogP) is 3.45. The highest BCUT2D eigenvalue weighted by molar-refractivity contribution is 5.94. The van der Waals surface area contributed by atoms with E-state index in [0.717, 1.165) is 44.7 Å². The normalized spacial score (nSPS) is 17.1. The number of amides is 1. The van der Waals surface area contributed by atoms with Gasteiger partial charge in [-0.3, -0.25) is 9.69 Å². The highest BCUT2D eigenvalue weighted by Gasteiger charge is 2.20. The molecule has 132 valence electrons. The number of carbonyl (C=O) groups excluding carboxylic acids is 1. The minimum atomic E-state index is -0.0369. The molecule has 0 radical (unpaired) electrons. The summed E-state index contributed by atoms with van der Waals surface area (Å²) in [6.45, 7) is 8.30. The van der Waals surface area contributed by atoms with Crippen molar-refractivity contribution in [3.8, 4) is 0 Å². The fraction of sp³-hybridized carbons (Fsp3) is 0.588. The zero-order valence-electron chi connectivity index (χ0n) is 14.0. The minimum absolute atomic E-state index is 0. The Balaban J connectivity index is 0.00000242. The molecule has 1 aromatic rings. The SMILES string of the molecule is CCN(CC)Cc1cccc(NC(=O)[C@@H]2CCCCN2)c1.Cl.Cl. The van der Waals surface area contributed by atoms with Crippen molar-refractivity contribution in [2.45, 2.75) is 45.7 Å². The summed E-state index contributed by atoms with van der Waals surface area (Å²) in [7, 11) is 0. The van der Waals surface area contributed by atoms with Crippen molar-refractivity contribution in [3.05, 3.63) is 29.8 Å². The molecule has 4 nitrogen and oxygen atoms in total. The zero-order valence-corrected chi connectivity index (χ0v) is 15.6. The van der Waals surface area contributed by atoms with E-state index < -0.39 is 0 Å². The van der Waals surface area contributed by atoms with Gasteiger partial charge in [0.05, 0.1) is 6.04 Å². The Morgan fingerprint density at radius 3 is 2.61 bits per heavy atom. The molecule has 1 aromatic carbocycles. The van der Waals surface area contributed by atoms with Crippen molar-refractivity contribution >= 4 is 36.4 Å². The molecule has 1 aliphatic heterocycles. The summed E-state index contributed by atoms with van der Waals surface area (Å²) in [4.78, 5) is 14.6. The summed E-state index contributed by atoms with van der Waals surface area (Å²) >= 11 is 0. The number of benzene rings is 1. The summed E-state index contributed by atoms with van der Waals surface area (Å²) in [5.41, 5.74) is 2.14. The van der Waals surface area contributed by atoms with Crippen LogP contribution in [0, 0.1) is 0 Å². The average Bonchev–Trinajstić information content (AvgIpc) is 2.53. The molecule has 1 amide bonds. The monoisotopic (exact) mass is 361 g/mol. The van der Waals surface area contributed by atoms with Crippen LogP contribution in [0.15, 0.2) is 24.3 Å². The van der Waals surface area contributed by atoms with E-state index in [1.54, 1.807) is 0 Å². The fourth-order valence-corrected chi connectivity index (χ4v) is 2.76. The molecule has 23 heavy (non-hydrogen) atoms. The van der Waals surface area contributed by atoms with Gasteiger partial charge in [-0.2, -0.15) is 0 Å². The molecule has 1 aliphatic rings. The average molecular weight is 362 g/mol. The molecule has 1 atom stereocenters. The molecule has 0 saturated carbocycles. The van der Waals surface area contributed by atoms with Gasteiger partial charge >= 0.3 is 0 Å². The van der Waals surface area contributed by atoms with Gasteiger partial charge in [0, 0.05) is 12.2 Å². The topological polar surface area (TPSA) is 44.4 Å². The van der Waals surface area contributed by atoms with Crippen molar-refractivity contribution < 1.29 is 4.79 Å². The number of nitrogens with zero attached hydrogens (tertiary/aromatic N) is 1. The molecule has 0 aliphatic carbocycles. The Morgan fingerprint density at radius 1 is 1.26 bits per heavy atom. The van der Waals surface area contributed by atoms with Crippen LogP contribution in [0.4, 0.5) is 5.69 Å². The van der Waals surface area contributed by atoms with E-state index >= 15 is 0 Å². The van der Waals surface area contributed by atoms with Crippen molar-refractivity contribution in [2.24, 2.45) is 0 Å². The second-order valence-corrected chi connectivity index (χ2v) is 5.65. The number of hydrogen-bond donors (Lipinski definition) is 2. The smallest absolute Gasteiger partial charge is 0.241 e. The van der Waals surface area contributed by atoms with Gasteiger partial charge in [0.15, 0.2) is 0 Å². The first-order valence-corrected chi connectivity index (χ1v) is 8.08. The first-order valence-electron chi connectivity index (χ1n) is 8.08. The first kappa shape index (κ1) is 22.2. The maximum atomic E-state index is 12.2. The Hall–Kier alpha value is -0.810. The van der Waals surface area contributed by atoms with Gasteiger partial charge in [0.25, 0.3) is 0 Å². The van der Waals surface area contributed by atoms with Crippen LogP contribution < -0.4 is 10.6 Å². The highest BCUT2D eigenvalue weighted by atomic mass is 35.5. The third kappa shape index (κ3) is 7.08. The summed E-state index contributed by atoms with van der Waals surface area (Å²) in [6.07, 6.45) is 3.24. The van der Waals surface area contributed by atoms with Crippen LogP contribution in [0.3, 0.4) is 0 Å². The molecule has 0 aromatic heterocycles. The van der Waals surface area contributed by atoms with Crippen LogP contribution in [0.2, 0.25) is 0 Å². The Labute approximate surface area is 152 Å². The van der Waals surface area contributed by atoms with Crippen LogP contribution in [0.25, 0.3) is 0 Å². The molecular formula is C17H29Cl2N3O. The van der Waals surface area contributed by atoms with Gasteiger partial charge in [-0.15, -0.1) is 24.8 Å². The number of nitrogens with one attached hydrogen (secondary N) is 2. The van der Waals surface area contributed by atoms with E-state index in [2.05, 4.69) is 41.5 Å². The number of anilines is 1. The molecule has 0 spiro atoms. The number of hydrogen-bond acceptors (Lipinski definition) is 3. The number of piperidine rings is 1. The molecule has 1 fully saturated rings. The van der Waals surface area contributed by atoms with Gasteiger partial charge in [0.2, 0.25) is 5.91 Å². The van der Waals surface area contributed by atoms with Crippen LogP contribution >= 0.6 is 24.8 Å². The molecule has 0 unspecified atom stereocenters. The molecular weight excluding hydrogens is 333 g/mol. The van der Waals surface area contributed by atoms with Gasteiger partial charge in [-0.05, 0) is 50.2 Å². The molecule has 0 bridgehead atoms. The summed E-state index contributed by atoms with van der Waals surface area (Å²) in [5.74, 6) is 0.0923. The maximum Gasteiger partial charge on any atom is 0.241 e. The molecule has 1 heterocycles. The quantitative estimate of drug-likeness (QED) is 0.815. The van der Waals surface area contributed by atoms with E-state index in [9.17, 15) is 4.79 Å². The van der Waals surface area contributed by atoms with Crippen LogP contribution in [0.1, 0.15) is 38.7 Å². The molecule has 2 rings (SSSR count). The highest BCUT2D eigenvalue weighted by Crippen LogP contribution is 2.15. The fourth-order valence-electron chi connectivity index (χ4n) is 2.76. The van der Waals surface area contributed by atoms with E-state index in [0.29, 0.717) is 0 Å². The standard InChI is InChI=1S/C17H27N3O.2ClH/c1-3-20(4-2)13-14-8-7-9-15(12-14)19-17(21)16-10-5-6-11-18-16;;/h7-9,12,16,18H,3-6,10-11,13H2,1-2H3,(H,19,21);2*1H/t16-;;/m0../s1. The lowest BCUT2D eigenvalue weighted by atomic mass is 10.0. The van der Waals surface area contributed by atoms with E-state index in [-0.39, 0.29) is 36.8 Å². The van der Waals surface area contributed by atoms with Gasteiger partial charge in [-0.1, -0.05) is 32.4 Å². The number of halogens is 2. The van der Waals surface area contributed by atoms with Gasteiger partial charge in [-0.25, -0.2) is 0 Å². The Kier molecular flexibility index (Phi) is 11.3. The lowest BCUT2D eigenvalue weighted by molar-refractivity contribution is -0.118. The lowest BCUT2D eigenvalue weighted by Crippen LogP contribution is -2.43. The third-order valence-corrected chi connectivity index (χ3v) is 4.12. The third-order valence-electron chi connectivity index (χ3n) is 4.12. The predicted molar refractivity (Wildman–Crippen MR) is 102 cm³/mol. The number of rotatable bonds is 6.